The summed E-state index contributed by atoms with van der Waals surface area (Å²) in [5, 5.41) is 23.9. The van der Waals surface area contributed by atoms with Gasteiger partial charge in [0.25, 0.3) is 0 Å². The molecule has 5 nitrogen and oxygen atoms in total. The van der Waals surface area contributed by atoms with Crippen molar-refractivity contribution in [2.24, 2.45) is 10.9 Å². The minimum atomic E-state index is 0.0468. The minimum absolute atomic E-state index is 0.0468. The lowest BCUT2D eigenvalue weighted by atomic mass is 10.0. The van der Waals surface area contributed by atoms with Gasteiger partial charge in [-0.1, -0.05) is 35.5 Å². The zero-order valence-electron chi connectivity index (χ0n) is 11.5. The molecule has 1 atom stereocenters. The molecule has 0 amide bonds. The van der Waals surface area contributed by atoms with E-state index in [-0.39, 0.29) is 18.5 Å². The zero-order chi connectivity index (χ0) is 14.6. The number of hydrogen-bond donors (Lipinski definition) is 4. The topological polar surface area (TPSA) is 90.9 Å². The van der Waals surface area contributed by atoms with E-state index in [4.69, 9.17) is 16.0 Å². The Kier molecular flexibility index (Phi) is 8.86. The molecule has 1 aromatic rings. The van der Waals surface area contributed by atoms with Gasteiger partial charge in [0.1, 0.15) is 5.84 Å². The number of thioether (sulfide) groups is 1. The molecule has 112 valence electrons. The van der Waals surface area contributed by atoms with Crippen molar-refractivity contribution in [2.45, 2.75) is 18.9 Å². The van der Waals surface area contributed by atoms with Gasteiger partial charge in [-0.3, -0.25) is 0 Å². The molecule has 20 heavy (non-hydrogen) atoms. The molecule has 1 rings (SSSR count). The zero-order valence-corrected chi connectivity index (χ0v) is 12.4. The molecule has 0 spiro atoms. The highest BCUT2D eigenvalue weighted by Gasteiger charge is 2.12. The maximum atomic E-state index is 8.71. The number of rotatable bonds is 10. The summed E-state index contributed by atoms with van der Waals surface area (Å²) in [7, 11) is 0. The summed E-state index contributed by atoms with van der Waals surface area (Å²) in [5.41, 5.74) is 6.73. The van der Waals surface area contributed by atoms with E-state index in [1.807, 2.05) is 30.3 Å². The standard InChI is InChI=1S/C14H23N3O2S/c15-14(17-19)11-13(12-5-2-1-3-6-12)16-7-10-20-9-4-8-18/h1-3,5-6,13,16,18-19H,4,7-11H2,(H2,15,17). The van der Waals surface area contributed by atoms with Gasteiger partial charge >= 0.3 is 0 Å². The fourth-order valence-corrected chi connectivity index (χ4v) is 2.62. The predicted molar refractivity (Wildman–Crippen MR) is 84.2 cm³/mol. The van der Waals surface area contributed by atoms with Crippen LogP contribution in [0.5, 0.6) is 0 Å². The van der Waals surface area contributed by atoms with Crippen LogP contribution in [0.1, 0.15) is 24.4 Å². The molecule has 0 saturated carbocycles. The Balaban J connectivity index is 2.43. The van der Waals surface area contributed by atoms with Crippen molar-refractivity contribution in [3.8, 4) is 0 Å². The summed E-state index contributed by atoms with van der Waals surface area (Å²) in [5.74, 6) is 2.16. The lowest BCUT2D eigenvalue weighted by Gasteiger charge is -2.18. The monoisotopic (exact) mass is 297 g/mol. The van der Waals surface area contributed by atoms with E-state index in [2.05, 4.69) is 10.5 Å². The quantitative estimate of drug-likeness (QED) is 0.173. The average Bonchev–Trinajstić information content (AvgIpc) is 2.50. The van der Waals surface area contributed by atoms with Crippen LogP contribution in [-0.2, 0) is 0 Å². The third kappa shape index (κ3) is 6.79. The molecule has 0 aliphatic heterocycles. The number of oxime groups is 1. The van der Waals surface area contributed by atoms with Crippen molar-refractivity contribution in [2.75, 3.05) is 24.7 Å². The number of nitrogens with two attached hydrogens (primary N) is 1. The van der Waals surface area contributed by atoms with E-state index in [9.17, 15) is 0 Å². The van der Waals surface area contributed by atoms with Crippen LogP contribution >= 0.6 is 11.8 Å². The molecule has 1 unspecified atom stereocenters. The third-order valence-corrected chi connectivity index (χ3v) is 3.90. The Hall–Kier alpha value is -1.24. The first-order valence-corrected chi connectivity index (χ1v) is 7.86. The van der Waals surface area contributed by atoms with Crippen LogP contribution in [-0.4, -0.2) is 40.8 Å². The van der Waals surface area contributed by atoms with E-state index in [1.165, 1.54) is 0 Å². The van der Waals surface area contributed by atoms with Crippen LogP contribution in [0.3, 0.4) is 0 Å². The Morgan fingerprint density at radius 1 is 1.30 bits per heavy atom. The van der Waals surface area contributed by atoms with Gasteiger partial charge < -0.3 is 21.4 Å². The van der Waals surface area contributed by atoms with Gasteiger partial charge in [-0.2, -0.15) is 11.8 Å². The van der Waals surface area contributed by atoms with E-state index in [0.29, 0.717) is 6.42 Å². The smallest absolute Gasteiger partial charge is 0.141 e. The molecular formula is C14H23N3O2S. The van der Waals surface area contributed by atoms with Gasteiger partial charge in [0.15, 0.2) is 0 Å². The van der Waals surface area contributed by atoms with E-state index in [0.717, 1.165) is 30.0 Å². The van der Waals surface area contributed by atoms with E-state index < -0.39 is 0 Å². The van der Waals surface area contributed by atoms with Crippen molar-refractivity contribution in [3.63, 3.8) is 0 Å². The molecule has 0 radical (unpaired) electrons. The first-order chi connectivity index (χ1) is 9.77. The second kappa shape index (κ2) is 10.5. The maximum Gasteiger partial charge on any atom is 0.141 e. The Bertz CT molecular complexity index is 387. The molecular weight excluding hydrogens is 274 g/mol. The molecule has 0 aliphatic rings. The lowest BCUT2D eigenvalue weighted by Crippen LogP contribution is -2.28. The van der Waals surface area contributed by atoms with Crippen LogP contribution in [0.25, 0.3) is 0 Å². The second-order valence-corrected chi connectivity index (χ2v) is 5.63. The Morgan fingerprint density at radius 2 is 2.05 bits per heavy atom. The average molecular weight is 297 g/mol. The Labute approximate surface area is 124 Å². The first-order valence-electron chi connectivity index (χ1n) is 6.71. The molecule has 0 heterocycles. The number of benzene rings is 1. The number of nitrogens with zero attached hydrogens (tertiary/aromatic N) is 1. The molecule has 0 bridgehead atoms. The number of aliphatic hydroxyl groups is 1. The highest BCUT2D eigenvalue weighted by molar-refractivity contribution is 7.99. The van der Waals surface area contributed by atoms with Crippen molar-refractivity contribution in [3.05, 3.63) is 35.9 Å². The minimum Gasteiger partial charge on any atom is -0.409 e. The van der Waals surface area contributed by atoms with E-state index in [1.54, 1.807) is 11.8 Å². The molecule has 5 N–H and O–H groups in total. The van der Waals surface area contributed by atoms with Gasteiger partial charge in [-0.15, -0.1) is 0 Å². The van der Waals surface area contributed by atoms with Gasteiger partial charge in [0.2, 0.25) is 0 Å². The van der Waals surface area contributed by atoms with Gasteiger partial charge in [0, 0.05) is 31.4 Å². The molecule has 0 saturated heterocycles. The summed E-state index contributed by atoms with van der Waals surface area (Å²) < 4.78 is 0. The number of amidine groups is 1. The van der Waals surface area contributed by atoms with Gasteiger partial charge in [-0.25, -0.2) is 0 Å². The predicted octanol–water partition coefficient (Wildman–Crippen LogP) is 1.57. The summed E-state index contributed by atoms with van der Waals surface area (Å²) in [6.45, 7) is 1.09. The number of hydrogen-bond acceptors (Lipinski definition) is 5. The fraction of sp³-hybridized carbons (Fsp3) is 0.500. The lowest BCUT2D eigenvalue weighted by molar-refractivity contribution is 0.296. The normalized spacial score (nSPS) is 13.3. The number of aliphatic hydroxyl groups excluding tert-OH is 1. The van der Waals surface area contributed by atoms with Crippen molar-refractivity contribution >= 4 is 17.6 Å². The largest absolute Gasteiger partial charge is 0.409 e. The van der Waals surface area contributed by atoms with Gasteiger partial charge in [-0.05, 0) is 17.7 Å². The summed E-state index contributed by atoms with van der Waals surface area (Å²) in [4.78, 5) is 0. The molecule has 0 aromatic heterocycles. The number of nitrogens with one attached hydrogen (secondary N) is 1. The second-order valence-electron chi connectivity index (χ2n) is 4.40. The van der Waals surface area contributed by atoms with E-state index >= 15 is 0 Å². The molecule has 0 fully saturated rings. The Morgan fingerprint density at radius 3 is 2.70 bits per heavy atom. The molecule has 0 aliphatic carbocycles. The highest BCUT2D eigenvalue weighted by atomic mass is 32.2. The first kappa shape index (κ1) is 16.8. The van der Waals surface area contributed by atoms with Crippen LogP contribution < -0.4 is 11.1 Å². The molecule has 1 aromatic carbocycles. The van der Waals surface area contributed by atoms with Crippen LogP contribution in [0.2, 0.25) is 0 Å². The van der Waals surface area contributed by atoms with Crippen molar-refractivity contribution in [1.82, 2.24) is 5.32 Å². The molecule has 6 heteroatoms. The summed E-state index contributed by atoms with van der Waals surface area (Å²) >= 11 is 1.81. The highest BCUT2D eigenvalue weighted by Crippen LogP contribution is 2.16. The fourth-order valence-electron chi connectivity index (χ4n) is 1.82. The van der Waals surface area contributed by atoms with Crippen LogP contribution in [0.4, 0.5) is 0 Å². The maximum absolute atomic E-state index is 8.71. The van der Waals surface area contributed by atoms with Crippen molar-refractivity contribution < 1.29 is 10.3 Å². The summed E-state index contributed by atoms with van der Waals surface area (Å²) in [6.07, 6.45) is 1.30. The van der Waals surface area contributed by atoms with Crippen molar-refractivity contribution in [1.29, 1.82) is 0 Å². The van der Waals surface area contributed by atoms with Gasteiger partial charge in [0.05, 0.1) is 0 Å². The SMILES string of the molecule is N/C(CC(NCCSCCCO)c1ccccc1)=N/O. The van der Waals surface area contributed by atoms with Crippen LogP contribution in [0, 0.1) is 0 Å². The summed E-state index contributed by atoms with van der Waals surface area (Å²) in [6, 6.07) is 10.0. The van der Waals surface area contributed by atoms with Crippen LogP contribution in [0.15, 0.2) is 35.5 Å². The third-order valence-electron chi connectivity index (χ3n) is 2.83.